The van der Waals surface area contributed by atoms with Crippen LogP contribution in [0.4, 0.5) is 0 Å². The van der Waals surface area contributed by atoms with Crippen molar-refractivity contribution < 1.29 is 24.5 Å². The average Bonchev–Trinajstić information content (AvgIpc) is 2.83. The van der Waals surface area contributed by atoms with Crippen molar-refractivity contribution in [3.05, 3.63) is 0 Å². The number of ether oxygens (including phenoxy) is 1. The van der Waals surface area contributed by atoms with Gasteiger partial charge in [-0.3, -0.25) is 4.79 Å². The first-order valence-corrected chi connectivity index (χ1v) is 6.87. The smallest absolute Gasteiger partial charge is 0.332 e. The number of carboxylic acid groups (broad SMARTS) is 1. The van der Waals surface area contributed by atoms with E-state index in [-0.39, 0.29) is 25.0 Å². The zero-order valence-electron chi connectivity index (χ0n) is 10.9. The summed E-state index contributed by atoms with van der Waals surface area (Å²) in [4.78, 5) is 22.8. The van der Waals surface area contributed by atoms with Crippen molar-refractivity contribution in [1.29, 1.82) is 0 Å². The Morgan fingerprint density at radius 1 is 1.37 bits per heavy atom. The number of rotatable bonds is 5. The van der Waals surface area contributed by atoms with Crippen molar-refractivity contribution in [2.75, 3.05) is 13.2 Å². The van der Waals surface area contributed by atoms with Gasteiger partial charge in [0.05, 0.1) is 11.5 Å². The summed E-state index contributed by atoms with van der Waals surface area (Å²) in [6, 6.07) is 0. The number of aliphatic hydroxyl groups is 1. The molecule has 6 heteroatoms. The van der Waals surface area contributed by atoms with Gasteiger partial charge in [-0.1, -0.05) is 12.8 Å². The molecule has 2 aliphatic rings. The van der Waals surface area contributed by atoms with Crippen LogP contribution in [0.1, 0.15) is 38.5 Å². The Morgan fingerprint density at radius 2 is 2.16 bits per heavy atom. The lowest BCUT2D eigenvalue weighted by Gasteiger charge is -2.36. The zero-order valence-corrected chi connectivity index (χ0v) is 10.9. The predicted molar refractivity (Wildman–Crippen MR) is 66.5 cm³/mol. The second-order valence-corrected chi connectivity index (χ2v) is 5.41. The van der Waals surface area contributed by atoms with Crippen LogP contribution < -0.4 is 5.32 Å². The maximum atomic E-state index is 12.3. The van der Waals surface area contributed by atoms with Crippen LogP contribution in [0.5, 0.6) is 0 Å². The third-order valence-corrected chi connectivity index (χ3v) is 4.26. The molecule has 1 amide bonds. The van der Waals surface area contributed by atoms with Gasteiger partial charge in [-0.05, 0) is 19.3 Å². The average molecular weight is 271 g/mol. The summed E-state index contributed by atoms with van der Waals surface area (Å²) in [5.74, 6) is -1.31. The fourth-order valence-corrected chi connectivity index (χ4v) is 3.11. The molecule has 19 heavy (non-hydrogen) atoms. The predicted octanol–water partition coefficient (Wildman–Crippen LogP) is 0.287. The van der Waals surface area contributed by atoms with Crippen molar-refractivity contribution >= 4 is 11.9 Å². The summed E-state index contributed by atoms with van der Waals surface area (Å²) in [5, 5.41) is 20.5. The van der Waals surface area contributed by atoms with E-state index in [2.05, 4.69) is 5.32 Å². The Labute approximate surface area is 112 Å². The molecular formula is C13H21NO5. The lowest BCUT2D eigenvalue weighted by Crippen LogP contribution is -2.48. The number of carbonyl (C=O) groups excluding carboxylic acids is 1. The SMILES string of the molecule is O=C(O)[C@@H](O)CCNC(=O)C12CCCCC1OCC2. The summed E-state index contributed by atoms with van der Waals surface area (Å²) >= 11 is 0. The van der Waals surface area contributed by atoms with Crippen LogP contribution in [-0.4, -0.2) is 47.4 Å². The third kappa shape index (κ3) is 2.90. The molecule has 3 N–H and O–H groups in total. The van der Waals surface area contributed by atoms with Gasteiger partial charge in [0.2, 0.25) is 5.91 Å². The molecule has 0 aromatic carbocycles. The van der Waals surface area contributed by atoms with E-state index in [1.54, 1.807) is 0 Å². The molecular weight excluding hydrogens is 250 g/mol. The minimum absolute atomic E-state index is 0.00523. The molecule has 2 unspecified atom stereocenters. The summed E-state index contributed by atoms with van der Waals surface area (Å²) in [5.41, 5.74) is -0.424. The Bertz CT molecular complexity index is 359. The fraction of sp³-hybridized carbons (Fsp3) is 0.846. The molecule has 0 aromatic rings. The Morgan fingerprint density at radius 3 is 2.89 bits per heavy atom. The van der Waals surface area contributed by atoms with E-state index < -0.39 is 17.5 Å². The van der Waals surface area contributed by atoms with Gasteiger partial charge in [0.25, 0.3) is 0 Å². The number of amides is 1. The molecule has 1 aliphatic heterocycles. The highest BCUT2D eigenvalue weighted by molar-refractivity contribution is 5.83. The number of carbonyl (C=O) groups is 2. The van der Waals surface area contributed by atoms with E-state index in [0.717, 1.165) is 32.1 Å². The summed E-state index contributed by atoms with van der Waals surface area (Å²) in [7, 11) is 0. The zero-order chi connectivity index (χ0) is 13.9. The molecule has 0 aromatic heterocycles. The normalized spacial score (nSPS) is 31.5. The van der Waals surface area contributed by atoms with Gasteiger partial charge in [0, 0.05) is 19.6 Å². The number of aliphatic carboxylic acids is 1. The molecule has 0 radical (unpaired) electrons. The molecule has 108 valence electrons. The second kappa shape index (κ2) is 5.88. The molecule has 2 fully saturated rings. The van der Waals surface area contributed by atoms with Gasteiger partial charge in [0.1, 0.15) is 0 Å². The Kier molecular flexibility index (Phi) is 4.42. The Hall–Kier alpha value is -1.14. The van der Waals surface area contributed by atoms with Crippen LogP contribution in [0.3, 0.4) is 0 Å². The fourth-order valence-electron chi connectivity index (χ4n) is 3.11. The largest absolute Gasteiger partial charge is 0.479 e. The number of aliphatic hydroxyl groups excluding tert-OH is 1. The standard InChI is InChI=1S/C13H21NO5/c15-9(11(16)17)4-7-14-12(18)13-5-2-1-3-10(13)19-8-6-13/h9-10,15H,1-8H2,(H,14,18)(H,16,17)/t9-,10?,13?/m0/s1. The van der Waals surface area contributed by atoms with Crippen molar-refractivity contribution in [2.24, 2.45) is 5.41 Å². The van der Waals surface area contributed by atoms with Crippen LogP contribution in [-0.2, 0) is 14.3 Å². The van der Waals surface area contributed by atoms with Crippen LogP contribution in [0.25, 0.3) is 0 Å². The van der Waals surface area contributed by atoms with Crippen LogP contribution in [0.2, 0.25) is 0 Å². The maximum Gasteiger partial charge on any atom is 0.332 e. The lowest BCUT2D eigenvalue weighted by atomic mass is 9.70. The molecule has 0 spiro atoms. The van der Waals surface area contributed by atoms with Gasteiger partial charge >= 0.3 is 5.97 Å². The van der Waals surface area contributed by atoms with Crippen molar-refractivity contribution in [3.63, 3.8) is 0 Å². The van der Waals surface area contributed by atoms with E-state index in [1.165, 1.54) is 0 Å². The molecule has 2 rings (SSSR count). The van der Waals surface area contributed by atoms with Crippen molar-refractivity contribution in [2.45, 2.75) is 50.7 Å². The first-order valence-electron chi connectivity index (χ1n) is 6.87. The second-order valence-electron chi connectivity index (χ2n) is 5.41. The number of hydrogen-bond donors (Lipinski definition) is 3. The van der Waals surface area contributed by atoms with E-state index in [1.807, 2.05) is 0 Å². The van der Waals surface area contributed by atoms with E-state index in [4.69, 9.17) is 14.9 Å². The van der Waals surface area contributed by atoms with E-state index in [0.29, 0.717) is 6.61 Å². The molecule has 3 atom stereocenters. The van der Waals surface area contributed by atoms with E-state index in [9.17, 15) is 9.59 Å². The van der Waals surface area contributed by atoms with Crippen LogP contribution in [0, 0.1) is 5.41 Å². The lowest BCUT2D eigenvalue weighted by molar-refractivity contribution is -0.147. The highest BCUT2D eigenvalue weighted by Crippen LogP contribution is 2.45. The Balaban J connectivity index is 1.86. The molecule has 1 saturated carbocycles. The minimum Gasteiger partial charge on any atom is -0.479 e. The maximum absolute atomic E-state index is 12.3. The quantitative estimate of drug-likeness (QED) is 0.668. The van der Waals surface area contributed by atoms with Gasteiger partial charge in [-0.15, -0.1) is 0 Å². The van der Waals surface area contributed by atoms with Crippen molar-refractivity contribution in [3.8, 4) is 0 Å². The molecule has 1 aliphatic carbocycles. The van der Waals surface area contributed by atoms with Gasteiger partial charge in [0.15, 0.2) is 6.10 Å². The van der Waals surface area contributed by atoms with Gasteiger partial charge in [-0.2, -0.15) is 0 Å². The molecule has 1 heterocycles. The summed E-state index contributed by atoms with van der Waals surface area (Å²) < 4.78 is 5.64. The topological polar surface area (TPSA) is 95.9 Å². The van der Waals surface area contributed by atoms with Crippen molar-refractivity contribution in [1.82, 2.24) is 5.32 Å². The van der Waals surface area contributed by atoms with Gasteiger partial charge < -0.3 is 20.3 Å². The highest BCUT2D eigenvalue weighted by atomic mass is 16.5. The first-order chi connectivity index (χ1) is 9.06. The number of nitrogens with one attached hydrogen (secondary N) is 1. The minimum atomic E-state index is -1.42. The number of fused-ring (bicyclic) bond motifs is 1. The molecule has 1 saturated heterocycles. The first kappa shape index (κ1) is 14.3. The molecule has 6 nitrogen and oxygen atoms in total. The monoisotopic (exact) mass is 271 g/mol. The van der Waals surface area contributed by atoms with Gasteiger partial charge in [-0.25, -0.2) is 4.79 Å². The third-order valence-electron chi connectivity index (χ3n) is 4.26. The highest BCUT2D eigenvalue weighted by Gasteiger charge is 2.50. The number of hydrogen-bond acceptors (Lipinski definition) is 4. The van der Waals surface area contributed by atoms with Crippen LogP contribution >= 0.6 is 0 Å². The summed E-state index contributed by atoms with van der Waals surface area (Å²) in [6.45, 7) is 0.802. The summed E-state index contributed by atoms with van der Waals surface area (Å²) in [6.07, 6.45) is 3.25. The van der Waals surface area contributed by atoms with E-state index >= 15 is 0 Å². The molecule has 0 bridgehead atoms. The number of carboxylic acids is 1. The van der Waals surface area contributed by atoms with Crippen LogP contribution in [0.15, 0.2) is 0 Å².